The van der Waals surface area contributed by atoms with Gasteiger partial charge in [-0.3, -0.25) is 9.47 Å². The molecular weight excluding hydrogens is 796 g/mol. The maximum Gasteiger partial charge on any atom is 0.383 e. The Morgan fingerprint density at radius 2 is 0.981 bits per heavy atom. The van der Waals surface area contributed by atoms with Crippen LogP contribution in [0.4, 0.5) is 87.8 Å². The highest BCUT2D eigenvalue weighted by molar-refractivity contribution is 5.77. The Bertz CT molecular complexity index is 1170. The summed E-state index contributed by atoms with van der Waals surface area (Å²) >= 11 is 0. The van der Waals surface area contributed by atoms with Gasteiger partial charge in [0.05, 0.1) is 7.11 Å². The van der Waals surface area contributed by atoms with Crippen LogP contribution in [0.15, 0.2) is 0 Å². The molecule has 28 heteroatoms. The summed E-state index contributed by atoms with van der Waals surface area (Å²) in [6.07, 6.45) is -49.1. The van der Waals surface area contributed by atoms with Crippen molar-refractivity contribution in [3.05, 3.63) is 0 Å². The van der Waals surface area contributed by atoms with Crippen LogP contribution in [0.2, 0.25) is 0 Å². The predicted octanol–water partition coefficient (Wildman–Crippen LogP) is 8.08. The molecule has 1 aliphatic rings. The van der Waals surface area contributed by atoms with E-state index in [9.17, 15) is 92.6 Å². The molecular formula is C24H26F20O8. The third-order valence-corrected chi connectivity index (χ3v) is 5.87. The fraction of sp³-hybridized carbons (Fsp3) is 0.958. The van der Waals surface area contributed by atoms with Crippen molar-refractivity contribution in [1.82, 2.24) is 0 Å². The average Bonchev–Trinajstić information content (AvgIpc) is 2.86. The van der Waals surface area contributed by atoms with Gasteiger partial charge in [0.2, 0.25) is 0 Å². The van der Waals surface area contributed by atoms with Crippen LogP contribution in [0.1, 0.15) is 39.0 Å². The van der Waals surface area contributed by atoms with Crippen LogP contribution >= 0.6 is 0 Å². The smallest absolute Gasteiger partial charge is 0.383 e. The van der Waals surface area contributed by atoms with Gasteiger partial charge in [0.1, 0.15) is 51.8 Å². The molecule has 2 unspecified atom stereocenters. The maximum absolute atomic E-state index is 14.0. The van der Waals surface area contributed by atoms with Crippen LogP contribution in [-0.4, -0.2) is 112 Å². The monoisotopic (exact) mass is 822 g/mol. The number of methoxy groups -OCH3 is 1. The zero-order valence-electron chi connectivity index (χ0n) is 25.8. The Morgan fingerprint density at radius 1 is 0.577 bits per heavy atom. The lowest BCUT2D eigenvalue weighted by molar-refractivity contribution is -0.403. The molecule has 310 valence electrons. The fourth-order valence-corrected chi connectivity index (χ4v) is 3.79. The SMILES string of the molecule is CCC(F)(F)OC1CC(F)(F)C1OC(F)(F)CC(F)(F)COCC(F)(F)OC(F)(F)CC(F)(F)COCC(F)(F)OC(F)(F)CC(F)(F)C(=O)OC. The lowest BCUT2D eigenvalue weighted by Crippen LogP contribution is -2.62. The molecule has 8 nitrogen and oxygen atoms in total. The van der Waals surface area contributed by atoms with E-state index in [1.165, 1.54) is 0 Å². The molecule has 1 rings (SSSR count). The van der Waals surface area contributed by atoms with E-state index in [1.54, 1.807) is 0 Å². The minimum atomic E-state index is -5.73. The van der Waals surface area contributed by atoms with Crippen LogP contribution in [0.3, 0.4) is 0 Å². The lowest BCUT2D eigenvalue weighted by atomic mass is 9.86. The number of esters is 1. The number of hydrogen-bond acceptors (Lipinski definition) is 8. The van der Waals surface area contributed by atoms with Gasteiger partial charge >= 0.3 is 48.5 Å². The number of rotatable bonds is 24. The van der Waals surface area contributed by atoms with Crippen molar-refractivity contribution in [2.75, 3.05) is 33.5 Å². The summed E-state index contributed by atoms with van der Waals surface area (Å²) < 4.78 is 296. The Hall–Kier alpha value is -2.17. The third kappa shape index (κ3) is 16.5. The van der Waals surface area contributed by atoms with E-state index >= 15 is 0 Å². The van der Waals surface area contributed by atoms with E-state index in [-0.39, 0.29) is 0 Å². The minimum Gasteiger partial charge on any atom is -0.465 e. The number of alkyl halides is 20. The highest BCUT2D eigenvalue weighted by Crippen LogP contribution is 2.48. The first-order valence-corrected chi connectivity index (χ1v) is 13.7. The van der Waals surface area contributed by atoms with Crippen molar-refractivity contribution in [3.63, 3.8) is 0 Å². The largest absolute Gasteiger partial charge is 0.465 e. The summed E-state index contributed by atoms with van der Waals surface area (Å²) in [5, 5.41) is 0. The molecule has 0 bridgehead atoms. The molecule has 1 aliphatic carbocycles. The van der Waals surface area contributed by atoms with Gasteiger partial charge in [-0.05, 0) is 0 Å². The number of carbonyl (C=O) groups excluding carboxylic acids is 1. The molecule has 0 amide bonds. The number of halogens is 20. The molecule has 0 aliphatic heterocycles. The average molecular weight is 822 g/mol. The van der Waals surface area contributed by atoms with Gasteiger partial charge < -0.3 is 23.7 Å². The van der Waals surface area contributed by atoms with Gasteiger partial charge in [0, 0.05) is 12.8 Å². The van der Waals surface area contributed by atoms with Crippen molar-refractivity contribution in [2.45, 2.75) is 112 Å². The van der Waals surface area contributed by atoms with Crippen LogP contribution < -0.4 is 0 Å². The second-order valence-electron chi connectivity index (χ2n) is 11.0. The summed E-state index contributed by atoms with van der Waals surface area (Å²) in [4.78, 5) is 10.7. The molecule has 0 saturated heterocycles. The van der Waals surface area contributed by atoms with Crippen molar-refractivity contribution in [2.24, 2.45) is 0 Å². The summed E-state index contributed by atoms with van der Waals surface area (Å²) in [6, 6.07) is 0. The lowest BCUT2D eigenvalue weighted by Gasteiger charge is -2.45. The normalized spacial score (nSPS) is 19.8. The molecule has 0 N–H and O–H groups in total. The summed E-state index contributed by atoms with van der Waals surface area (Å²) in [7, 11) is 0.304. The summed E-state index contributed by atoms with van der Waals surface area (Å²) in [6.45, 7) is -9.78. The van der Waals surface area contributed by atoms with E-state index in [0.717, 1.165) is 6.92 Å². The topological polar surface area (TPSA) is 81.7 Å². The first-order valence-electron chi connectivity index (χ1n) is 13.7. The van der Waals surface area contributed by atoms with E-state index in [0.29, 0.717) is 7.11 Å². The highest BCUT2D eigenvalue weighted by atomic mass is 19.3. The molecule has 52 heavy (non-hydrogen) atoms. The number of hydrogen-bond donors (Lipinski definition) is 0. The van der Waals surface area contributed by atoms with Gasteiger partial charge in [-0.25, -0.2) is 31.1 Å². The Morgan fingerprint density at radius 3 is 1.37 bits per heavy atom. The summed E-state index contributed by atoms with van der Waals surface area (Å²) in [5.74, 6) is -22.2. The fourth-order valence-electron chi connectivity index (χ4n) is 3.79. The summed E-state index contributed by atoms with van der Waals surface area (Å²) in [5.41, 5.74) is 0. The van der Waals surface area contributed by atoms with Gasteiger partial charge in [-0.1, -0.05) is 6.92 Å². The number of ether oxygens (including phenoxy) is 7. The molecule has 0 spiro atoms. The second-order valence-corrected chi connectivity index (χ2v) is 11.0. The van der Waals surface area contributed by atoms with Gasteiger partial charge in [-0.2, -0.15) is 61.5 Å². The van der Waals surface area contributed by atoms with Crippen molar-refractivity contribution < 1.29 is 126 Å². The highest BCUT2D eigenvalue weighted by Gasteiger charge is 2.64. The van der Waals surface area contributed by atoms with Gasteiger partial charge in [-0.15, -0.1) is 0 Å². The standard InChI is InChI=1S/C24H26F20O8/c1-3-19(33,34)49-12-4-17(29,30)13(12)50-20(35,36)5-15(25,26)8-47-10-23(41,42)51-21(37,38)6-16(27,28)9-48-11-24(43,44)52-22(39,40)7-18(31,32)14(45)46-2/h12-13H,3-11H2,1-2H3. The molecule has 0 aromatic heterocycles. The first-order chi connectivity index (χ1) is 22.9. The zero-order valence-corrected chi connectivity index (χ0v) is 25.8. The Balaban J connectivity index is 2.67. The first kappa shape index (κ1) is 47.9. The van der Waals surface area contributed by atoms with E-state index in [1.807, 2.05) is 0 Å². The predicted molar refractivity (Wildman–Crippen MR) is 124 cm³/mol. The minimum absolute atomic E-state index is 0.304. The van der Waals surface area contributed by atoms with Crippen molar-refractivity contribution in [3.8, 4) is 0 Å². The molecule has 2 atom stereocenters. The third-order valence-electron chi connectivity index (χ3n) is 5.87. The van der Waals surface area contributed by atoms with Crippen molar-refractivity contribution >= 4 is 5.97 Å². The number of carbonyl (C=O) groups is 1. The van der Waals surface area contributed by atoms with E-state index in [4.69, 9.17) is 0 Å². The van der Waals surface area contributed by atoms with Crippen LogP contribution in [0.25, 0.3) is 0 Å². The van der Waals surface area contributed by atoms with Crippen LogP contribution in [-0.2, 0) is 38.0 Å². The zero-order chi connectivity index (χ0) is 41.0. The van der Waals surface area contributed by atoms with E-state index in [2.05, 4.69) is 33.2 Å². The second kappa shape index (κ2) is 16.3. The van der Waals surface area contributed by atoms with Gasteiger partial charge in [0.25, 0.3) is 17.8 Å². The Labute approximate surface area is 277 Å². The van der Waals surface area contributed by atoms with Gasteiger partial charge in [0.15, 0.2) is 6.10 Å². The molecule has 1 saturated carbocycles. The maximum atomic E-state index is 14.0. The molecule has 0 heterocycles. The van der Waals surface area contributed by atoms with Crippen LogP contribution in [0.5, 0.6) is 0 Å². The molecule has 1 fully saturated rings. The quantitative estimate of drug-likeness (QED) is 0.0715. The van der Waals surface area contributed by atoms with Crippen molar-refractivity contribution in [1.29, 1.82) is 0 Å². The molecule has 0 radical (unpaired) electrons. The van der Waals surface area contributed by atoms with Crippen LogP contribution in [0, 0.1) is 0 Å². The molecule has 0 aromatic carbocycles. The Kier molecular flexibility index (Phi) is 15.0. The molecule has 0 aromatic rings. The van der Waals surface area contributed by atoms with E-state index < -0.39 is 137 Å².